The molecule has 0 bridgehead atoms. The minimum atomic E-state index is -0.451. The lowest BCUT2D eigenvalue weighted by Crippen LogP contribution is -2.70. The summed E-state index contributed by atoms with van der Waals surface area (Å²) < 4.78 is 0. The van der Waals surface area contributed by atoms with Gasteiger partial charge in [-0.15, -0.1) is 11.3 Å². The van der Waals surface area contributed by atoms with Crippen molar-refractivity contribution >= 4 is 34.9 Å². The number of anilines is 1. The maximum Gasteiger partial charge on any atom is 0.327 e. The number of fused-ring (bicyclic) bond motifs is 2. The molecule has 2 unspecified atom stereocenters. The molecule has 3 aliphatic heterocycles. The van der Waals surface area contributed by atoms with Gasteiger partial charge in [0, 0.05) is 17.1 Å². The highest BCUT2D eigenvalue weighted by atomic mass is 32.1. The molecule has 1 aromatic heterocycles. The van der Waals surface area contributed by atoms with Crippen molar-refractivity contribution in [3.63, 3.8) is 0 Å². The van der Waals surface area contributed by atoms with Gasteiger partial charge in [0.05, 0.1) is 12.6 Å². The zero-order chi connectivity index (χ0) is 21.4. The highest BCUT2D eigenvalue weighted by Crippen LogP contribution is 2.29. The highest BCUT2D eigenvalue weighted by Gasteiger charge is 2.48. The quantitative estimate of drug-likeness (QED) is 0.797. The Labute approximate surface area is 185 Å². The normalized spacial score (nSPS) is 23.5. The first kappa shape index (κ1) is 20.2. The van der Waals surface area contributed by atoms with Crippen LogP contribution in [0.4, 0.5) is 10.5 Å². The summed E-state index contributed by atoms with van der Waals surface area (Å²) in [5.74, 6) is -0.273. The smallest absolute Gasteiger partial charge is 0.311 e. The molecule has 7 nitrogen and oxygen atoms in total. The molecule has 31 heavy (non-hydrogen) atoms. The van der Waals surface area contributed by atoms with Crippen LogP contribution in [-0.4, -0.2) is 59.4 Å². The number of thiophene rings is 1. The number of rotatable bonds is 4. The van der Waals surface area contributed by atoms with E-state index in [-0.39, 0.29) is 37.0 Å². The highest BCUT2D eigenvalue weighted by molar-refractivity contribution is 7.09. The van der Waals surface area contributed by atoms with E-state index in [9.17, 15) is 14.4 Å². The molecule has 3 aliphatic rings. The first-order valence-electron chi connectivity index (χ1n) is 10.9. The molecule has 4 amide bonds. The van der Waals surface area contributed by atoms with Gasteiger partial charge < -0.3 is 15.1 Å². The molecular formula is C23H26N4O3S. The van der Waals surface area contributed by atoms with Crippen LogP contribution in [0, 0.1) is 0 Å². The molecule has 0 saturated carbocycles. The molecule has 0 spiro atoms. The molecule has 5 rings (SSSR count). The fourth-order valence-corrected chi connectivity index (χ4v) is 5.62. The number of amides is 4. The van der Waals surface area contributed by atoms with Gasteiger partial charge in [-0.05, 0) is 55.3 Å². The maximum atomic E-state index is 13.4. The van der Waals surface area contributed by atoms with Crippen LogP contribution in [0.1, 0.15) is 29.7 Å². The van der Waals surface area contributed by atoms with Crippen molar-refractivity contribution in [2.45, 2.75) is 44.3 Å². The van der Waals surface area contributed by atoms with Gasteiger partial charge in [-0.2, -0.15) is 0 Å². The van der Waals surface area contributed by atoms with E-state index in [2.05, 4.69) is 11.4 Å². The number of nitrogens with zero attached hydrogens (tertiary/aromatic N) is 3. The maximum absolute atomic E-state index is 13.4. The number of hydrogen-bond donors (Lipinski definition) is 1. The Kier molecular flexibility index (Phi) is 5.50. The summed E-state index contributed by atoms with van der Waals surface area (Å²) in [4.78, 5) is 45.6. The van der Waals surface area contributed by atoms with Crippen LogP contribution in [0.2, 0.25) is 0 Å². The average molecular weight is 439 g/mol. The standard InChI is InChI=1S/C23H26N4O3S/c28-20(25-12-4-7-16-6-1-2-9-18(16)25)15-26-19-10-3-11-24-21(19)22(29)27(23(26)30)14-17-8-5-13-31-17/h1-2,5-6,8-9,13,19,21,24H,3-4,7,10-12,14-15H2. The van der Waals surface area contributed by atoms with Crippen LogP contribution in [0.3, 0.4) is 0 Å². The third-order valence-corrected chi connectivity index (χ3v) is 7.31. The van der Waals surface area contributed by atoms with Gasteiger partial charge >= 0.3 is 6.03 Å². The van der Waals surface area contributed by atoms with Gasteiger partial charge in [-0.3, -0.25) is 14.5 Å². The van der Waals surface area contributed by atoms with E-state index in [1.807, 2.05) is 35.7 Å². The Bertz CT molecular complexity index is 992. The molecule has 1 aromatic carbocycles. The molecule has 2 aromatic rings. The number of carbonyl (C=O) groups is 3. The third kappa shape index (κ3) is 3.74. The summed E-state index contributed by atoms with van der Waals surface area (Å²) in [5, 5.41) is 5.23. The van der Waals surface area contributed by atoms with E-state index in [4.69, 9.17) is 0 Å². The Hall–Kier alpha value is -2.71. The van der Waals surface area contributed by atoms with Crippen molar-refractivity contribution in [3.05, 3.63) is 52.2 Å². The van der Waals surface area contributed by atoms with Gasteiger partial charge in [-0.25, -0.2) is 4.79 Å². The number of benzene rings is 1. The van der Waals surface area contributed by atoms with E-state index in [1.165, 1.54) is 21.8 Å². The van der Waals surface area contributed by atoms with Gasteiger partial charge in [0.15, 0.2) is 0 Å². The van der Waals surface area contributed by atoms with Crippen LogP contribution in [0.5, 0.6) is 0 Å². The van der Waals surface area contributed by atoms with Crippen molar-refractivity contribution in [2.75, 3.05) is 24.5 Å². The largest absolute Gasteiger partial charge is 0.327 e. The van der Waals surface area contributed by atoms with Crippen LogP contribution >= 0.6 is 11.3 Å². The fraction of sp³-hybridized carbons (Fsp3) is 0.435. The SMILES string of the molecule is O=C1C2NCCCC2N(CC(=O)N2CCCc3ccccc32)C(=O)N1Cc1cccs1. The second-order valence-electron chi connectivity index (χ2n) is 8.33. The van der Waals surface area contributed by atoms with Crippen molar-refractivity contribution in [2.24, 2.45) is 0 Å². The second kappa shape index (κ2) is 8.43. The van der Waals surface area contributed by atoms with Gasteiger partial charge in [0.25, 0.3) is 0 Å². The Morgan fingerprint density at radius 2 is 2.00 bits per heavy atom. The number of aryl methyl sites for hydroxylation is 1. The molecular weight excluding hydrogens is 412 g/mol. The lowest BCUT2D eigenvalue weighted by atomic mass is 9.93. The molecule has 8 heteroatoms. The molecule has 2 atom stereocenters. The van der Waals surface area contributed by atoms with Crippen LogP contribution in [0.15, 0.2) is 41.8 Å². The van der Waals surface area contributed by atoms with E-state index < -0.39 is 6.04 Å². The predicted octanol–water partition coefficient (Wildman–Crippen LogP) is 2.61. The molecule has 2 saturated heterocycles. The Balaban J connectivity index is 1.40. The van der Waals surface area contributed by atoms with E-state index in [1.54, 1.807) is 9.80 Å². The van der Waals surface area contributed by atoms with Crippen LogP contribution in [0.25, 0.3) is 0 Å². The molecule has 0 aliphatic carbocycles. The van der Waals surface area contributed by atoms with Gasteiger partial charge in [0.1, 0.15) is 12.6 Å². The lowest BCUT2D eigenvalue weighted by Gasteiger charge is -2.47. The van der Waals surface area contributed by atoms with Crippen molar-refractivity contribution < 1.29 is 14.4 Å². The molecule has 4 heterocycles. The Morgan fingerprint density at radius 1 is 1.13 bits per heavy atom. The number of imide groups is 1. The molecule has 162 valence electrons. The fourth-order valence-electron chi connectivity index (χ4n) is 4.93. The summed E-state index contributed by atoms with van der Waals surface area (Å²) in [5.41, 5.74) is 2.10. The summed E-state index contributed by atoms with van der Waals surface area (Å²) in [6, 6.07) is 10.7. The number of carbonyl (C=O) groups excluding carboxylic acids is 3. The minimum Gasteiger partial charge on any atom is -0.311 e. The third-order valence-electron chi connectivity index (χ3n) is 6.45. The first-order chi connectivity index (χ1) is 15.1. The number of para-hydroxylation sites is 1. The summed E-state index contributed by atoms with van der Waals surface area (Å²) in [6.07, 6.45) is 3.48. The predicted molar refractivity (Wildman–Crippen MR) is 119 cm³/mol. The average Bonchev–Trinajstić information content (AvgIpc) is 3.32. The number of urea groups is 1. The van der Waals surface area contributed by atoms with Gasteiger partial charge in [0.2, 0.25) is 11.8 Å². The lowest BCUT2D eigenvalue weighted by molar-refractivity contribution is -0.138. The minimum absolute atomic E-state index is 0.00969. The van der Waals surface area contributed by atoms with E-state index >= 15 is 0 Å². The van der Waals surface area contributed by atoms with Gasteiger partial charge in [-0.1, -0.05) is 24.3 Å². The second-order valence-corrected chi connectivity index (χ2v) is 9.37. The molecule has 0 radical (unpaired) electrons. The van der Waals surface area contributed by atoms with Crippen LogP contribution < -0.4 is 10.2 Å². The first-order valence-corrected chi connectivity index (χ1v) is 11.8. The summed E-state index contributed by atoms with van der Waals surface area (Å²) in [6.45, 7) is 1.64. The zero-order valence-electron chi connectivity index (χ0n) is 17.3. The monoisotopic (exact) mass is 438 g/mol. The molecule has 1 N–H and O–H groups in total. The van der Waals surface area contributed by atoms with Crippen molar-refractivity contribution in [3.8, 4) is 0 Å². The number of piperidine rings is 1. The van der Waals surface area contributed by atoms with E-state index in [0.717, 1.165) is 42.8 Å². The Morgan fingerprint density at radius 3 is 2.84 bits per heavy atom. The molecule has 2 fully saturated rings. The number of hydrogen-bond acceptors (Lipinski definition) is 5. The number of nitrogens with one attached hydrogen (secondary N) is 1. The zero-order valence-corrected chi connectivity index (χ0v) is 18.1. The summed E-state index contributed by atoms with van der Waals surface area (Å²) in [7, 11) is 0. The van der Waals surface area contributed by atoms with Crippen LogP contribution in [-0.2, 0) is 22.6 Å². The van der Waals surface area contributed by atoms with Crippen molar-refractivity contribution in [1.29, 1.82) is 0 Å². The topological polar surface area (TPSA) is 73.0 Å². The van der Waals surface area contributed by atoms with Crippen molar-refractivity contribution in [1.82, 2.24) is 15.1 Å². The summed E-state index contributed by atoms with van der Waals surface area (Å²) >= 11 is 1.52. The van der Waals surface area contributed by atoms with E-state index in [0.29, 0.717) is 6.54 Å².